The van der Waals surface area contributed by atoms with Crippen molar-refractivity contribution < 1.29 is 14.3 Å². The second kappa shape index (κ2) is 3.40. The number of nitrogens with two attached hydrogens (primary N) is 1. The SMILES string of the molecule is CC1=C(C)C(=O)N(C2C(N)C3CCOC32)C1=O. The summed E-state index contributed by atoms with van der Waals surface area (Å²) in [4.78, 5) is 25.4. The van der Waals surface area contributed by atoms with Gasteiger partial charge in [0.2, 0.25) is 0 Å². The van der Waals surface area contributed by atoms with E-state index in [1.54, 1.807) is 13.8 Å². The average Bonchev–Trinajstić information content (AvgIpc) is 2.82. The van der Waals surface area contributed by atoms with Crippen molar-refractivity contribution in [2.75, 3.05) is 6.61 Å². The van der Waals surface area contributed by atoms with E-state index in [4.69, 9.17) is 10.5 Å². The Hall–Kier alpha value is -1.20. The molecule has 3 aliphatic rings. The predicted octanol–water partition coefficient (Wildman–Crippen LogP) is -0.194. The van der Waals surface area contributed by atoms with Crippen LogP contribution in [0, 0.1) is 5.92 Å². The third kappa shape index (κ3) is 1.21. The van der Waals surface area contributed by atoms with E-state index in [0.717, 1.165) is 6.42 Å². The number of carbonyl (C=O) groups excluding carboxylic acids is 2. The number of rotatable bonds is 1. The summed E-state index contributed by atoms with van der Waals surface area (Å²) in [6.45, 7) is 4.06. The first kappa shape index (κ1) is 10.9. The molecular weight excluding hydrogens is 220 g/mol. The van der Waals surface area contributed by atoms with Crippen LogP contribution in [-0.4, -0.2) is 41.5 Å². The Balaban J connectivity index is 1.88. The third-order valence-corrected chi connectivity index (χ3v) is 4.35. The smallest absolute Gasteiger partial charge is 0.257 e. The maximum Gasteiger partial charge on any atom is 0.257 e. The lowest BCUT2D eigenvalue weighted by atomic mass is 9.71. The molecule has 2 N–H and O–H groups in total. The molecule has 1 saturated carbocycles. The molecule has 0 bridgehead atoms. The lowest BCUT2D eigenvalue weighted by molar-refractivity contribution is -0.152. The summed E-state index contributed by atoms with van der Waals surface area (Å²) in [6, 6.07) is -0.399. The number of fused-ring (bicyclic) bond motifs is 1. The number of hydrogen-bond acceptors (Lipinski definition) is 4. The Bertz CT molecular complexity index is 419. The van der Waals surface area contributed by atoms with Gasteiger partial charge >= 0.3 is 0 Å². The molecule has 92 valence electrons. The number of hydrogen-bond donors (Lipinski definition) is 1. The first-order valence-electron chi connectivity index (χ1n) is 5.96. The highest BCUT2D eigenvalue weighted by molar-refractivity contribution is 6.19. The van der Waals surface area contributed by atoms with Crippen molar-refractivity contribution in [3.63, 3.8) is 0 Å². The lowest BCUT2D eigenvalue weighted by Crippen LogP contribution is -2.70. The Labute approximate surface area is 99.6 Å². The van der Waals surface area contributed by atoms with E-state index in [1.807, 2.05) is 0 Å². The minimum atomic E-state index is -0.269. The summed E-state index contributed by atoms with van der Waals surface area (Å²) < 4.78 is 5.57. The molecule has 17 heavy (non-hydrogen) atoms. The first-order valence-corrected chi connectivity index (χ1v) is 5.96. The molecule has 4 unspecified atom stereocenters. The molecule has 0 spiro atoms. The van der Waals surface area contributed by atoms with Gasteiger partial charge in [0.25, 0.3) is 11.8 Å². The lowest BCUT2D eigenvalue weighted by Gasteiger charge is -2.48. The summed E-state index contributed by atoms with van der Waals surface area (Å²) in [5.74, 6) is -0.106. The van der Waals surface area contributed by atoms with E-state index in [-0.39, 0.29) is 30.0 Å². The van der Waals surface area contributed by atoms with Crippen LogP contribution < -0.4 is 5.73 Å². The van der Waals surface area contributed by atoms with Gasteiger partial charge in [0.05, 0.1) is 12.1 Å². The van der Waals surface area contributed by atoms with Crippen molar-refractivity contribution in [1.29, 1.82) is 0 Å². The number of imide groups is 1. The molecular formula is C12H16N2O3. The van der Waals surface area contributed by atoms with Crippen LogP contribution in [0.15, 0.2) is 11.1 Å². The highest BCUT2D eigenvalue weighted by atomic mass is 16.5. The highest BCUT2D eigenvalue weighted by Crippen LogP contribution is 2.42. The van der Waals surface area contributed by atoms with E-state index >= 15 is 0 Å². The van der Waals surface area contributed by atoms with Crippen LogP contribution in [0.4, 0.5) is 0 Å². The summed E-state index contributed by atoms with van der Waals surface area (Å²) in [5.41, 5.74) is 7.12. The van der Waals surface area contributed by atoms with Gasteiger partial charge in [-0.25, -0.2) is 0 Å². The van der Waals surface area contributed by atoms with E-state index in [2.05, 4.69) is 0 Å². The van der Waals surface area contributed by atoms with Crippen LogP contribution in [0.25, 0.3) is 0 Å². The molecule has 2 heterocycles. The van der Waals surface area contributed by atoms with Crippen LogP contribution >= 0.6 is 0 Å². The fourth-order valence-electron chi connectivity index (χ4n) is 3.08. The number of nitrogens with zero attached hydrogens (tertiary/aromatic N) is 1. The van der Waals surface area contributed by atoms with Gasteiger partial charge in [-0.2, -0.15) is 0 Å². The van der Waals surface area contributed by atoms with Crippen LogP contribution in [-0.2, 0) is 14.3 Å². The monoisotopic (exact) mass is 236 g/mol. The van der Waals surface area contributed by atoms with Gasteiger partial charge in [-0.3, -0.25) is 14.5 Å². The molecule has 4 atom stereocenters. The van der Waals surface area contributed by atoms with E-state index < -0.39 is 0 Å². The van der Waals surface area contributed by atoms with Crippen LogP contribution in [0.2, 0.25) is 0 Å². The van der Waals surface area contributed by atoms with Gasteiger partial charge in [-0.15, -0.1) is 0 Å². The zero-order valence-electron chi connectivity index (χ0n) is 9.97. The van der Waals surface area contributed by atoms with Crippen LogP contribution in [0.3, 0.4) is 0 Å². The largest absolute Gasteiger partial charge is 0.376 e. The molecule has 0 radical (unpaired) electrons. The van der Waals surface area contributed by atoms with E-state index in [0.29, 0.717) is 23.7 Å². The maximum atomic E-state index is 12.0. The first-order chi connectivity index (χ1) is 8.04. The third-order valence-electron chi connectivity index (χ3n) is 4.35. The molecule has 3 rings (SSSR count). The molecule has 5 nitrogen and oxygen atoms in total. The summed E-state index contributed by atoms with van der Waals surface area (Å²) in [6.07, 6.45) is 0.890. The fraction of sp³-hybridized carbons (Fsp3) is 0.667. The van der Waals surface area contributed by atoms with E-state index in [1.165, 1.54) is 4.90 Å². The topological polar surface area (TPSA) is 72.6 Å². The van der Waals surface area contributed by atoms with Gasteiger partial charge in [-0.1, -0.05) is 0 Å². The molecule has 0 aromatic rings. The fourth-order valence-corrected chi connectivity index (χ4v) is 3.08. The van der Waals surface area contributed by atoms with Crippen molar-refractivity contribution in [3.8, 4) is 0 Å². The zero-order valence-corrected chi connectivity index (χ0v) is 9.97. The molecule has 2 aliphatic heterocycles. The highest BCUT2D eigenvalue weighted by Gasteiger charge is 2.58. The van der Waals surface area contributed by atoms with Crippen LogP contribution in [0.1, 0.15) is 20.3 Å². The summed E-state index contributed by atoms with van der Waals surface area (Å²) in [5, 5.41) is 0. The zero-order chi connectivity index (χ0) is 12.3. The standard InChI is InChI=1S/C12H16N2O3/c1-5-6(2)12(16)14(11(5)15)9-8(13)7-3-4-17-10(7)9/h7-10H,3-4,13H2,1-2H3. The Morgan fingerprint density at radius 1 is 1.24 bits per heavy atom. The minimum absolute atomic E-state index is 0.0448. The van der Waals surface area contributed by atoms with Gasteiger partial charge in [0.15, 0.2) is 0 Å². The quantitative estimate of drug-likeness (QED) is 0.640. The average molecular weight is 236 g/mol. The van der Waals surface area contributed by atoms with Crippen molar-refractivity contribution in [2.24, 2.45) is 11.7 Å². The summed E-state index contributed by atoms with van der Waals surface area (Å²) in [7, 11) is 0. The maximum absolute atomic E-state index is 12.0. The molecule has 2 fully saturated rings. The minimum Gasteiger partial charge on any atom is -0.376 e. The van der Waals surface area contributed by atoms with Crippen molar-refractivity contribution in [3.05, 3.63) is 11.1 Å². The number of carbonyl (C=O) groups is 2. The van der Waals surface area contributed by atoms with Gasteiger partial charge in [0.1, 0.15) is 0 Å². The van der Waals surface area contributed by atoms with E-state index in [9.17, 15) is 9.59 Å². The molecule has 0 aromatic heterocycles. The normalized spacial score (nSPS) is 41.0. The molecule has 1 saturated heterocycles. The van der Waals surface area contributed by atoms with Gasteiger partial charge in [-0.05, 0) is 20.3 Å². The molecule has 0 aromatic carbocycles. The van der Waals surface area contributed by atoms with Crippen LogP contribution in [0.5, 0.6) is 0 Å². The molecule has 2 amide bonds. The number of ether oxygens (including phenoxy) is 1. The second-order valence-corrected chi connectivity index (χ2v) is 5.09. The Kier molecular flexibility index (Phi) is 2.18. The summed E-state index contributed by atoms with van der Waals surface area (Å²) >= 11 is 0. The predicted molar refractivity (Wildman–Crippen MR) is 59.8 cm³/mol. The van der Waals surface area contributed by atoms with Crippen molar-refractivity contribution in [1.82, 2.24) is 4.90 Å². The Morgan fingerprint density at radius 3 is 2.41 bits per heavy atom. The second-order valence-electron chi connectivity index (χ2n) is 5.09. The van der Waals surface area contributed by atoms with Crippen molar-refractivity contribution >= 4 is 11.8 Å². The van der Waals surface area contributed by atoms with Crippen molar-refractivity contribution in [2.45, 2.75) is 38.5 Å². The number of amides is 2. The molecule has 5 heteroatoms. The Morgan fingerprint density at radius 2 is 1.82 bits per heavy atom. The van der Waals surface area contributed by atoms with Gasteiger partial charge in [0, 0.05) is 29.7 Å². The molecule has 1 aliphatic carbocycles. The van der Waals surface area contributed by atoms with Gasteiger partial charge < -0.3 is 10.5 Å².